The van der Waals surface area contributed by atoms with Crippen LogP contribution in [0.15, 0.2) is 41.5 Å². The molecular formula is C18H23N5O2. The maximum atomic E-state index is 12.2. The highest BCUT2D eigenvalue weighted by Gasteiger charge is 2.22. The summed E-state index contributed by atoms with van der Waals surface area (Å²) in [5.74, 6) is 0.0988. The molecule has 0 aliphatic carbocycles. The number of aryl methyl sites for hydroxylation is 1. The molecule has 1 aliphatic heterocycles. The van der Waals surface area contributed by atoms with Crippen molar-refractivity contribution in [3.8, 4) is 0 Å². The number of hydrogen-bond acceptors (Lipinski definition) is 5. The lowest BCUT2D eigenvalue weighted by atomic mass is 10.0. The van der Waals surface area contributed by atoms with E-state index >= 15 is 0 Å². The van der Waals surface area contributed by atoms with Gasteiger partial charge in [0.25, 0.3) is 5.56 Å². The fourth-order valence-electron chi connectivity index (χ4n) is 3.09. The van der Waals surface area contributed by atoms with Crippen molar-refractivity contribution in [3.63, 3.8) is 0 Å². The van der Waals surface area contributed by atoms with Crippen LogP contribution in [0.1, 0.15) is 28.8 Å². The second kappa shape index (κ2) is 7.48. The number of piperidine rings is 1. The quantitative estimate of drug-likeness (QED) is 0.832. The Kier molecular flexibility index (Phi) is 5.14. The lowest BCUT2D eigenvalue weighted by Crippen LogP contribution is -2.47. The topological polar surface area (TPSA) is 93.2 Å². The van der Waals surface area contributed by atoms with E-state index in [0.29, 0.717) is 17.9 Å². The van der Waals surface area contributed by atoms with Crippen LogP contribution in [0.25, 0.3) is 0 Å². The number of anilines is 1. The molecule has 0 bridgehead atoms. The summed E-state index contributed by atoms with van der Waals surface area (Å²) in [6.45, 7) is 2.31. The number of nitrogens with zero attached hydrogens (tertiary/aromatic N) is 3. The third-order valence-electron chi connectivity index (χ3n) is 4.55. The van der Waals surface area contributed by atoms with Gasteiger partial charge in [-0.3, -0.25) is 9.59 Å². The third-order valence-corrected chi connectivity index (χ3v) is 4.55. The number of primary amides is 1. The van der Waals surface area contributed by atoms with Crippen molar-refractivity contribution in [1.29, 1.82) is 0 Å². The zero-order valence-corrected chi connectivity index (χ0v) is 14.3. The van der Waals surface area contributed by atoms with Crippen molar-refractivity contribution in [2.75, 3.05) is 18.0 Å². The first-order chi connectivity index (χ1) is 12.0. The highest BCUT2D eigenvalue weighted by Crippen LogP contribution is 2.15. The normalized spacial score (nSPS) is 17.5. The summed E-state index contributed by atoms with van der Waals surface area (Å²) in [5, 5.41) is 3.53. The van der Waals surface area contributed by atoms with Gasteiger partial charge in [-0.05, 0) is 30.5 Å². The molecule has 0 radical (unpaired) electrons. The number of aromatic nitrogens is 2. The molecule has 2 aromatic rings. The van der Waals surface area contributed by atoms with E-state index < -0.39 is 5.91 Å². The summed E-state index contributed by atoms with van der Waals surface area (Å²) in [6, 6.07) is 7.58. The maximum Gasteiger partial charge on any atom is 0.293 e. The number of amides is 1. The Balaban J connectivity index is 1.61. The van der Waals surface area contributed by atoms with E-state index in [0.717, 1.165) is 31.5 Å². The summed E-state index contributed by atoms with van der Waals surface area (Å²) in [4.78, 5) is 29.7. The standard InChI is InChI=1S/C18H23N5O2/c1-22-10-8-20-17(18(22)25)23-9-2-3-15(12-23)21-11-13-4-6-14(7-5-13)16(19)24/h4-8,10,15,21H,2-3,9,11-12H2,1H3,(H2,19,24). The zero-order chi connectivity index (χ0) is 17.8. The summed E-state index contributed by atoms with van der Waals surface area (Å²) >= 11 is 0. The van der Waals surface area contributed by atoms with Crippen LogP contribution in [0.5, 0.6) is 0 Å². The first-order valence-electron chi connectivity index (χ1n) is 8.43. The van der Waals surface area contributed by atoms with E-state index in [4.69, 9.17) is 5.73 Å². The van der Waals surface area contributed by atoms with Gasteiger partial charge < -0.3 is 20.5 Å². The number of benzene rings is 1. The zero-order valence-electron chi connectivity index (χ0n) is 14.3. The number of nitrogens with one attached hydrogen (secondary N) is 1. The van der Waals surface area contributed by atoms with E-state index in [1.165, 1.54) is 0 Å². The Morgan fingerprint density at radius 3 is 2.84 bits per heavy atom. The van der Waals surface area contributed by atoms with E-state index in [-0.39, 0.29) is 11.6 Å². The van der Waals surface area contributed by atoms with Crippen molar-refractivity contribution >= 4 is 11.7 Å². The molecule has 132 valence electrons. The SMILES string of the molecule is Cn1ccnc(N2CCCC(NCc3ccc(C(N)=O)cc3)C2)c1=O. The van der Waals surface area contributed by atoms with Crippen molar-refractivity contribution < 1.29 is 4.79 Å². The van der Waals surface area contributed by atoms with Crippen molar-refractivity contribution in [1.82, 2.24) is 14.9 Å². The molecule has 3 N–H and O–H groups in total. The Bertz CT molecular complexity index is 800. The van der Waals surface area contributed by atoms with E-state index in [1.54, 1.807) is 36.1 Å². The Labute approximate surface area is 146 Å². The largest absolute Gasteiger partial charge is 0.366 e. The predicted molar refractivity (Wildman–Crippen MR) is 96.5 cm³/mol. The number of hydrogen-bond donors (Lipinski definition) is 2. The van der Waals surface area contributed by atoms with Crippen LogP contribution in [0.2, 0.25) is 0 Å². The van der Waals surface area contributed by atoms with Gasteiger partial charge in [0.2, 0.25) is 5.91 Å². The molecule has 1 aromatic carbocycles. The summed E-state index contributed by atoms with van der Waals surface area (Å²) < 4.78 is 1.56. The minimum atomic E-state index is -0.417. The van der Waals surface area contributed by atoms with Gasteiger partial charge in [-0.15, -0.1) is 0 Å². The molecule has 1 unspecified atom stereocenters. The second-order valence-electron chi connectivity index (χ2n) is 6.39. The first kappa shape index (κ1) is 17.2. The van der Waals surface area contributed by atoms with Crippen LogP contribution >= 0.6 is 0 Å². The number of carbonyl (C=O) groups is 1. The molecule has 7 heteroatoms. The Hall–Kier alpha value is -2.67. The van der Waals surface area contributed by atoms with Crippen LogP contribution in [-0.2, 0) is 13.6 Å². The molecular weight excluding hydrogens is 318 g/mol. The summed E-state index contributed by atoms with van der Waals surface area (Å²) in [6.07, 6.45) is 5.40. The number of carbonyl (C=O) groups excluding carboxylic acids is 1. The molecule has 7 nitrogen and oxygen atoms in total. The predicted octanol–water partition coefficient (Wildman–Crippen LogP) is 0.638. The lowest BCUT2D eigenvalue weighted by Gasteiger charge is -2.33. The van der Waals surface area contributed by atoms with E-state index in [1.807, 2.05) is 12.1 Å². The molecule has 1 saturated heterocycles. The smallest absolute Gasteiger partial charge is 0.293 e. The molecule has 1 atom stereocenters. The molecule has 1 amide bonds. The minimum absolute atomic E-state index is 0.0646. The minimum Gasteiger partial charge on any atom is -0.366 e. The van der Waals surface area contributed by atoms with Gasteiger partial charge in [-0.25, -0.2) is 4.98 Å². The van der Waals surface area contributed by atoms with Crippen LogP contribution in [0, 0.1) is 0 Å². The van der Waals surface area contributed by atoms with Gasteiger partial charge in [0.1, 0.15) is 0 Å². The lowest BCUT2D eigenvalue weighted by molar-refractivity contribution is 0.100. The van der Waals surface area contributed by atoms with Crippen molar-refractivity contribution in [2.24, 2.45) is 12.8 Å². The van der Waals surface area contributed by atoms with Gasteiger partial charge in [0.15, 0.2) is 5.82 Å². The van der Waals surface area contributed by atoms with Crippen molar-refractivity contribution in [2.45, 2.75) is 25.4 Å². The maximum absolute atomic E-state index is 12.2. The number of rotatable bonds is 5. The fourth-order valence-corrected chi connectivity index (χ4v) is 3.09. The molecule has 25 heavy (non-hydrogen) atoms. The molecule has 0 spiro atoms. The molecule has 1 aliphatic rings. The average Bonchev–Trinajstić information content (AvgIpc) is 2.63. The van der Waals surface area contributed by atoms with Gasteiger partial charge in [0.05, 0.1) is 0 Å². The van der Waals surface area contributed by atoms with E-state index in [9.17, 15) is 9.59 Å². The third kappa shape index (κ3) is 4.06. The summed E-state index contributed by atoms with van der Waals surface area (Å²) in [7, 11) is 1.74. The Morgan fingerprint density at radius 1 is 1.36 bits per heavy atom. The van der Waals surface area contributed by atoms with Crippen molar-refractivity contribution in [3.05, 3.63) is 58.1 Å². The average molecular weight is 341 g/mol. The monoisotopic (exact) mass is 341 g/mol. The van der Waals surface area contributed by atoms with Crippen LogP contribution < -0.4 is 21.5 Å². The van der Waals surface area contributed by atoms with Gasteiger partial charge in [0, 0.05) is 50.7 Å². The van der Waals surface area contributed by atoms with E-state index in [2.05, 4.69) is 15.2 Å². The highest BCUT2D eigenvalue weighted by atomic mass is 16.1. The summed E-state index contributed by atoms with van der Waals surface area (Å²) in [5.41, 5.74) is 6.80. The van der Waals surface area contributed by atoms with Crippen LogP contribution in [0.3, 0.4) is 0 Å². The molecule has 0 saturated carbocycles. The number of nitrogens with two attached hydrogens (primary N) is 1. The van der Waals surface area contributed by atoms with Gasteiger partial charge in [-0.2, -0.15) is 0 Å². The van der Waals surface area contributed by atoms with Crippen LogP contribution in [0.4, 0.5) is 5.82 Å². The molecule has 1 fully saturated rings. The molecule has 1 aromatic heterocycles. The Morgan fingerprint density at radius 2 is 2.12 bits per heavy atom. The molecule has 2 heterocycles. The van der Waals surface area contributed by atoms with Crippen LogP contribution in [-0.4, -0.2) is 34.6 Å². The molecule has 3 rings (SSSR count). The highest BCUT2D eigenvalue weighted by molar-refractivity contribution is 5.92. The van der Waals surface area contributed by atoms with Gasteiger partial charge in [-0.1, -0.05) is 12.1 Å². The first-order valence-corrected chi connectivity index (χ1v) is 8.43. The second-order valence-corrected chi connectivity index (χ2v) is 6.39. The van der Waals surface area contributed by atoms with Gasteiger partial charge >= 0.3 is 0 Å². The fraction of sp³-hybridized carbons (Fsp3) is 0.389.